The Kier molecular flexibility index (Phi) is 3.27. The van der Waals surface area contributed by atoms with Crippen LogP contribution in [0, 0.1) is 13.8 Å². The molecule has 6 heteroatoms. The number of rotatable bonds is 3. The smallest absolute Gasteiger partial charge is 0.221 e. The number of hydrogen-bond acceptors (Lipinski definition) is 4. The number of nitrogens with two attached hydrogens (primary N) is 1. The first-order valence-electron chi connectivity index (χ1n) is 6.60. The first-order valence-corrected chi connectivity index (χ1v) is 6.60. The third-order valence-corrected chi connectivity index (χ3v) is 3.18. The van der Waals surface area contributed by atoms with Gasteiger partial charge in [0.15, 0.2) is 0 Å². The third kappa shape index (κ3) is 2.69. The molecule has 0 amide bonds. The van der Waals surface area contributed by atoms with Crippen molar-refractivity contribution >= 4 is 12.2 Å². The molecule has 3 rings (SSSR count). The van der Waals surface area contributed by atoms with Crippen molar-refractivity contribution in [3.8, 4) is 5.69 Å². The van der Waals surface area contributed by atoms with Crippen molar-refractivity contribution in [2.45, 2.75) is 13.8 Å². The number of aromatic nitrogens is 4. The maximum absolute atomic E-state index is 5.76. The van der Waals surface area contributed by atoms with Crippen LogP contribution in [0.2, 0.25) is 0 Å². The summed E-state index contributed by atoms with van der Waals surface area (Å²) in [6.07, 6.45) is 7.24. The zero-order valence-electron chi connectivity index (χ0n) is 11.9. The highest BCUT2D eigenvalue weighted by Gasteiger charge is 2.02. The van der Waals surface area contributed by atoms with Gasteiger partial charge in [0, 0.05) is 12.4 Å². The van der Waals surface area contributed by atoms with Crippen LogP contribution in [-0.4, -0.2) is 25.7 Å². The molecule has 2 N–H and O–H groups in total. The van der Waals surface area contributed by atoms with Crippen LogP contribution in [0.15, 0.2) is 48.0 Å². The lowest BCUT2D eigenvalue weighted by Crippen LogP contribution is -1.99. The summed E-state index contributed by atoms with van der Waals surface area (Å²) in [5.41, 5.74) is 9.76. The van der Waals surface area contributed by atoms with Gasteiger partial charge in [-0.25, -0.2) is 14.3 Å². The second kappa shape index (κ2) is 5.24. The van der Waals surface area contributed by atoms with Gasteiger partial charge in [0.2, 0.25) is 5.95 Å². The number of nitrogens with zero attached hydrogens (tertiary/aromatic N) is 5. The highest BCUT2D eigenvalue weighted by atomic mass is 15.4. The fourth-order valence-corrected chi connectivity index (χ4v) is 2.09. The Bertz CT molecular complexity index is 783. The normalized spacial score (nSPS) is 11.3. The van der Waals surface area contributed by atoms with E-state index in [1.54, 1.807) is 23.3 Å². The molecular weight excluding hydrogens is 264 g/mol. The largest absolute Gasteiger partial charge is 0.368 e. The van der Waals surface area contributed by atoms with E-state index in [4.69, 9.17) is 5.73 Å². The van der Waals surface area contributed by atoms with E-state index in [-0.39, 0.29) is 0 Å². The van der Waals surface area contributed by atoms with Crippen LogP contribution in [0.1, 0.15) is 16.8 Å². The van der Waals surface area contributed by atoms with Crippen molar-refractivity contribution in [2.75, 3.05) is 5.73 Å². The molecule has 0 aliphatic rings. The van der Waals surface area contributed by atoms with Crippen molar-refractivity contribution in [2.24, 2.45) is 5.10 Å². The first kappa shape index (κ1) is 13.1. The minimum atomic E-state index is 0.384. The molecule has 0 aliphatic carbocycles. The molecule has 0 saturated carbocycles. The molecule has 0 atom stereocenters. The molecular formula is C15H16N6. The quantitative estimate of drug-likeness (QED) is 0.747. The van der Waals surface area contributed by atoms with Gasteiger partial charge < -0.3 is 5.73 Å². The summed E-state index contributed by atoms with van der Waals surface area (Å²) < 4.78 is 3.39. The first-order chi connectivity index (χ1) is 10.1. The molecule has 0 aliphatic heterocycles. The predicted octanol–water partition coefficient (Wildman–Crippen LogP) is 2.15. The number of imidazole rings is 1. The number of anilines is 1. The standard InChI is InChI=1S/C15H16N6/c1-11-8-14(20-7-3-6-17-20)5-4-13(11)9-18-21-10-12(2)19-15(21)16/h3-10H,1-2H3,(H2,16,19). The van der Waals surface area contributed by atoms with E-state index in [9.17, 15) is 0 Å². The van der Waals surface area contributed by atoms with E-state index in [1.165, 1.54) is 0 Å². The molecule has 3 aromatic rings. The van der Waals surface area contributed by atoms with Crippen molar-refractivity contribution in [3.05, 3.63) is 59.7 Å². The summed E-state index contributed by atoms with van der Waals surface area (Å²) in [6.45, 7) is 3.92. The SMILES string of the molecule is Cc1cn(N=Cc2ccc(-n3cccn3)cc2C)c(N)n1. The zero-order valence-corrected chi connectivity index (χ0v) is 11.9. The van der Waals surface area contributed by atoms with Gasteiger partial charge in [0.1, 0.15) is 0 Å². The van der Waals surface area contributed by atoms with Gasteiger partial charge in [-0.15, -0.1) is 0 Å². The van der Waals surface area contributed by atoms with E-state index in [2.05, 4.69) is 21.3 Å². The second-order valence-electron chi connectivity index (χ2n) is 4.82. The number of benzene rings is 1. The van der Waals surface area contributed by atoms with Crippen LogP contribution in [0.3, 0.4) is 0 Å². The van der Waals surface area contributed by atoms with Crippen LogP contribution in [0.4, 0.5) is 5.95 Å². The lowest BCUT2D eigenvalue weighted by atomic mass is 10.1. The summed E-state index contributed by atoms with van der Waals surface area (Å²) in [4.78, 5) is 4.11. The molecule has 21 heavy (non-hydrogen) atoms. The van der Waals surface area contributed by atoms with Crippen molar-refractivity contribution in [1.82, 2.24) is 19.4 Å². The van der Waals surface area contributed by atoms with Crippen LogP contribution in [0.5, 0.6) is 0 Å². The fraction of sp³-hybridized carbons (Fsp3) is 0.133. The van der Waals surface area contributed by atoms with Gasteiger partial charge in [-0.05, 0) is 43.2 Å². The Hall–Kier alpha value is -2.89. The molecule has 0 saturated heterocycles. The molecule has 106 valence electrons. The highest BCUT2D eigenvalue weighted by molar-refractivity contribution is 5.82. The molecule has 2 aromatic heterocycles. The fourth-order valence-electron chi connectivity index (χ4n) is 2.09. The Morgan fingerprint density at radius 1 is 1.29 bits per heavy atom. The minimum absolute atomic E-state index is 0.384. The maximum Gasteiger partial charge on any atom is 0.221 e. The molecule has 2 heterocycles. The summed E-state index contributed by atoms with van der Waals surface area (Å²) in [7, 11) is 0. The van der Waals surface area contributed by atoms with Gasteiger partial charge in [-0.1, -0.05) is 6.07 Å². The molecule has 0 radical (unpaired) electrons. The molecule has 0 spiro atoms. The van der Waals surface area contributed by atoms with Crippen LogP contribution in [-0.2, 0) is 0 Å². The molecule has 0 unspecified atom stereocenters. The number of hydrogen-bond donors (Lipinski definition) is 1. The van der Waals surface area contributed by atoms with Gasteiger partial charge >= 0.3 is 0 Å². The highest BCUT2D eigenvalue weighted by Crippen LogP contribution is 2.13. The number of nitrogen functional groups attached to an aromatic ring is 1. The van der Waals surface area contributed by atoms with Gasteiger partial charge in [0.05, 0.1) is 23.8 Å². The average molecular weight is 280 g/mol. The van der Waals surface area contributed by atoms with E-state index in [0.717, 1.165) is 22.5 Å². The number of aryl methyl sites for hydroxylation is 2. The summed E-state index contributed by atoms with van der Waals surface area (Å²) >= 11 is 0. The topological polar surface area (TPSA) is 74.0 Å². The molecule has 1 aromatic carbocycles. The summed E-state index contributed by atoms with van der Waals surface area (Å²) in [5, 5.41) is 8.55. The van der Waals surface area contributed by atoms with E-state index >= 15 is 0 Å². The minimum Gasteiger partial charge on any atom is -0.368 e. The van der Waals surface area contributed by atoms with Crippen LogP contribution >= 0.6 is 0 Å². The Morgan fingerprint density at radius 3 is 2.76 bits per heavy atom. The van der Waals surface area contributed by atoms with Gasteiger partial charge in [0.25, 0.3) is 0 Å². The van der Waals surface area contributed by atoms with Gasteiger partial charge in [-0.3, -0.25) is 0 Å². The summed E-state index contributed by atoms with van der Waals surface area (Å²) in [6, 6.07) is 7.98. The molecule has 6 nitrogen and oxygen atoms in total. The molecule has 0 bridgehead atoms. The maximum atomic E-state index is 5.76. The summed E-state index contributed by atoms with van der Waals surface area (Å²) in [5.74, 6) is 0.384. The Balaban J connectivity index is 1.88. The monoisotopic (exact) mass is 280 g/mol. The van der Waals surface area contributed by atoms with Gasteiger partial charge in [-0.2, -0.15) is 10.2 Å². The van der Waals surface area contributed by atoms with Crippen molar-refractivity contribution in [3.63, 3.8) is 0 Å². The predicted molar refractivity (Wildman–Crippen MR) is 82.7 cm³/mol. The van der Waals surface area contributed by atoms with E-state index < -0.39 is 0 Å². The average Bonchev–Trinajstić information content (AvgIpc) is 3.07. The zero-order chi connectivity index (χ0) is 14.8. The Morgan fingerprint density at radius 2 is 2.14 bits per heavy atom. The molecule has 0 fully saturated rings. The van der Waals surface area contributed by atoms with Crippen LogP contribution in [0.25, 0.3) is 5.69 Å². The lowest BCUT2D eigenvalue weighted by Gasteiger charge is -2.05. The van der Waals surface area contributed by atoms with Crippen molar-refractivity contribution < 1.29 is 0 Å². The van der Waals surface area contributed by atoms with E-state index in [1.807, 2.05) is 42.9 Å². The lowest BCUT2D eigenvalue weighted by molar-refractivity contribution is 0.878. The van der Waals surface area contributed by atoms with E-state index in [0.29, 0.717) is 5.95 Å². The second-order valence-corrected chi connectivity index (χ2v) is 4.82. The third-order valence-electron chi connectivity index (χ3n) is 3.18. The van der Waals surface area contributed by atoms with Crippen molar-refractivity contribution in [1.29, 1.82) is 0 Å². The Labute approximate surface area is 122 Å². The van der Waals surface area contributed by atoms with Crippen LogP contribution < -0.4 is 5.73 Å².